The van der Waals surface area contributed by atoms with Gasteiger partial charge in [0.1, 0.15) is 13.2 Å². The molecule has 0 aliphatic carbocycles. The van der Waals surface area contributed by atoms with Gasteiger partial charge >= 0.3 is 17.9 Å². The maximum atomic E-state index is 12.8. The zero-order valence-corrected chi connectivity index (χ0v) is 41.2. The summed E-state index contributed by atoms with van der Waals surface area (Å²) in [5, 5.41) is 0. The van der Waals surface area contributed by atoms with Crippen molar-refractivity contribution in [1.29, 1.82) is 0 Å². The molecule has 360 valence electrons. The second-order valence-electron chi connectivity index (χ2n) is 18.5. The number of carbonyl (C=O) groups is 3. The molecule has 0 amide bonds. The van der Waals surface area contributed by atoms with E-state index in [-0.39, 0.29) is 31.1 Å². The Morgan fingerprint density at radius 1 is 0.311 bits per heavy atom. The Morgan fingerprint density at radius 2 is 0.541 bits per heavy atom. The first-order chi connectivity index (χ1) is 30.0. The molecule has 0 saturated heterocycles. The quantitative estimate of drug-likeness (QED) is 0.0262. The SMILES string of the molecule is CCCCCCC/C=C\CCCCCCCC(=O)OC(COC(=O)CCCCCCCCCCCCCCCC)COC(=O)CCCCCCCCCCCCCCCCC. The summed E-state index contributed by atoms with van der Waals surface area (Å²) in [7, 11) is 0. The van der Waals surface area contributed by atoms with E-state index in [4.69, 9.17) is 14.2 Å². The number of ether oxygens (including phenoxy) is 3. The summed E-state index contributed by atoms with van der Waals surface area (Å²) in [6.07, 6.45) is 56.2. The maximum absolute atomic E-state index is 12.8. The van der Waals surface area contributed by atoms with Gasteiger partial charge in [0.15, 0.2) is 6.10 Å². The zero-order chi connectivity index (χ0) is 44.4. The van der Waals surface area contributed by atoms with Crippen LogP contribution >= 0.6 is 0 Å². The lowest BCUT2D eigenvalue weighted by Gasteiger charge is -2.18. The van der Waals surface area contributed by atoms with E-state index in [1.807, 2.05) is 0 Å². The highest BCUT2D eigenvalue weighted by Gasteiger charge is 2.19. The molecule has 1 atom stereocenters. The monoisotopic (exact) mass is 861 g/mol. The Hall–Kier alpha value is -1.85. The first kappa shape index (κ1) is 59.1. The van der Waals surface area contributed by atoms with E-state index in [9.17, 15) is 14.4 Å². The Balaban J connectivity index is 4.33. The van der Waals surface area contributed by atoms with Gasteiger partial charge in [-0.3, -0.25) is 14.4 Å². The van der Waals surface area contributed by atoms with Crippen LogP contribution in [0.25, 0.3) is 0 Å². The van der Waals surface area contributed by atoms with Crippen LogP contribution in [0.2, 0.25) is 0 Å². The van der Waals surface area contributed by atoms with Gasteiger partial charge in [-0.15, -0.1) is 0 Å². The molecule has 1 unspecified atom stereocenters. The van der Waals surface area contributed by atoms with E-state index in [0.29, 0.717) is 19.3 Å². The smallest absolute Gasteiger partial charge is 0.306 e. The standard InChI is InChI=1S/C55H104O6/c1-4-7-10-13-16-19-22-25-28-31-33-36-39-42-45-48-54(57)60-51-52(61-55(58)49-46-43-40-37-34-30-27-24-21-18-15-12-9-6-3)50-59-53(56)47-44-41-38-35-32-29-26-23-20-17-14-11-8-5-2/h24,27,52H,4-23,25-26,28-51H2,1-3H3/b27-24-. The fourth-order valence-electron chi connectivity index (χ4n) is 8.14. The maximum Gasteiger partial charge on any atom is 0.306 e. The van der Waals surface area contributed by atoms with E-state index < -0.39 is 6.10 Å². The van der Waals surface area contributed by atoms with E-state index >= 15 is 0 Å². The number of allylic oxidation sites excluding steroid dienone is 2. The third-order valence-electron chi connectivity index (χ3n) is 12.3. The van der Waals surface area contributed by atoms with Crippen molar-refractivity contribution < 1.29 is 28.6 Å². The van der Waals surface area contributed by atoms with Gasteiger partial charge in [-0.1, -0.05) is 251 Å². The molecule has 0 aromatic rings. The summed E-state index contributed by atoms with van der Waals surface area (Å²) in [5.41, 5.74) is 0. The topological polar surface area (TPSA) is 78.9 Å². The molecule has 0 fully saturated rings. The minimum atomic E-state index is -0.767. The van der Waals surface area contributed by atoms with Crippen LogP contribution in [0, 0.1) is 0 Å². The van der Waals surface area contributed by atoms with Crippen molar-refractivity contribution in [2.75, 3.05) is 13.2 Å². The van der Waals surface area contributed by atoms with Crippen molar-refractivity contribution in [2.24, 2.45) is 0 Å². The number of hydrogen-bond acceptors (Lipinski definition) is 6. The molecule has 0 heterocycles. The van der Waals surface area contributed by atoms with Crippen LogP contribution < -0.4 is 0 Å². The van der Waals surface area contributed by atoms with Gasteiger partial charge in [0.25, 0.3) is 0 Å². The minimum Gasteiger partial charge on any atom is -0.462 e. The van der Waals surface area contributed by atoms with E-state index in [2.05, 4.69) is 32.9 Å². The molecule has 0 aromatic heterocycles. The van der Waals surface area contributed by atoms with Gasteiger partial charge in [-0.2, -0.15) is 0 Å². The first-order valence-electron chi connectivity index (χ1n) is 27.2. The van der Waals surface area contributed by atoms with Crippen molar-refractivity contribution in [3.63, 3.8) is 0 Å². The van der Waals surface area contributed by atoms with Crippen molar-refractivity contribution >= 4 is 17.9 Å². The molecular weight excluding hydrogens is 757 g/mol. The lowest BCUT2D eigenvalue weighted by Crippen LogP contribution is -2.30. The fourth-order valence-corrected chi connectivity index (χ4v) is 8.14. The molecule has 0 saturated carbocycles. The highest BCUT2D eigenvalue weighted by Crippen LogP contribution is 2.16. The van der Waals surface area contributed by atoms with E-state index in [0.717, 1.165) is 64.2 Å². The third kappa shape index (κ3) is 49.0. The van der Waals surface area contributed by atoms with Crippen LogP contribution in [0.1, 0.15) is 303 Å². The van der Waals surface area contributed by atoms with Gasteiger partial charge < -0.3 is 14.2 Å². The lowest BCUT2D eigenvalue weighted by molar-refractivity contribution is -0.167. The second kappa shape index (κ2) is 50.8. The fraction of sp³-hybridized carbons (Fsp3) is 0.909. The minimum absolute atomic E-state index is 0.0677. The molecule has 0 radical (unpaired) electrons. The number of esters is 3. The summed E-state index contributed by atoms with van der Waals surface area (Å²) in [6.45, 7) is 6.67. The number of unbranched alkanes of at least 4 members (excludes halogenated alkanes) is 37. The van der Waals surface area contributed by atoms with Crippen LogP contribution in [0.3, 0.4) is 0 Å². The average molecular weight is 861 g/mol. The third-order valence-corrected chi connectivity index (χ3v) is 12.3. The predicted octanol–water partition coefficient (Wildman–Crippen LogP) is 17.8. The van der Waals surface area contributed by atoms with E-state index in [1.165, 1.54) is 199 Å². The number of carbonyl (C=O) groups excluding carboxylic acids is 3. The van der Waals surface area contributed by atoms with Crippen molar-refractivity contribution in [3.05, 3.63) is 12.2 Å². The molecule has 0 N–H and O–H groups in total. The van der Waals surface area contributed by atoms with Gasteiger partial charge in [0.05, 0.1) is 0 Å². The van der Waals surface area contributed by atoms with Gasteiger partial charge in [-0.25, -0.2) is 0 Å². The van der Waals surface area contributed by atoms with Gasteiger partial charge in [-0.05, 0) is 44.9 Å². The van der Waals surface area contributed by atoms with E-state index in [1.54, 1.807) is 0 Å². The van der Waals surface area contributed by atoms with Crippen LogP contribution in [0.5, 0.6) is 0 Å². The van der Waals surface area contributed by atoms with Crippen molar-refractivity contribution in [2.45, 2.75) is 309 Å². The molecule has 0 aliphatic heterocycles. The summed E-state index contributed by atoms with van der Waals surface area (Å²) >= 11 is 0. The normalized spacial score (nSPS) is 12.0. The van der Waals surface area contributed by atoms with Crippen LogP contribution in [-0.2, 0) is 28.6 Å². The van der Waals surface area contributed by atoms with Crippen LogP contribution in [-0.4, -0.2) is 37.2 Å². The second-order valence-corrected chi connectivity index (χ2v) is 18.5. The Morgan fingerprint density at radius 3 is 0.820 bits per heavy atom. The summed E-state index contributed by atoms with van der Waals surface area (Å²) in [5.74, 6) is -0.856. The molecule has 6 heteroatoms. The van der Waals surface area contributed by atoms with Crippen LogP contribution in [0.4, 0.5) is 0 Å². The van der Waals surface area contributed by atoms with Gasteiger partial charge in [0.2, 0.25) is 0 Å². The predicted molar refractivity (Wildman–Crippen MR) is 261 cm³/mol. The lowest BCUT2D eigenvalue weighted by atomic mass is 10.0. The largest absolute Gasteiger partial charge is 0.462 e. The zero-order valence-electron chi connectivity index (χ0n) is 41.2. The Kier molecular flexibility index (Phi) is 49.3. The highest BCUT2D eigenvalue weighted by atomic mass is 16.6. The summed E-state index contributed by atoms with van der Waals surface area (Å²) in [6, 6.07) is 0. The summed E-state index contributed by atoms with van der Waals surface area (Å²) < 4.78 is 16.8. The van der Waals surface area contributed by atoms with Crippen LogP contribution in [0.15, 0.2) is 12.2 Å². The molecule has 0 rings (SSSR count). The first-order valence-corrected chi connectivity index (χ1v) is 27.2. The molecule has 0 bridgehead atoms. The average Bonchev–Trinajstić information content (AvgIpc) is 3.26. The molecule has 0 spiro atoms. The van der Waals surface area contributed by atoms with Gasteiger partial charge in [0, 0.05) is 19.3 Å². The number of hydrogen-bond donors (Lipinski definition) is 0. The molecule has 0 aromatic carbocycles. The van der Waals surface area contributed by atoms with Crippen molar-refractivity contribution in [3.8, 4) is 0 Å². The number of rotatable bonds is 50. The van der Waals surface area contributed by atoms with Crippen molar-refractivity contribution in [1.82, 2.24) is 0 Å². The molecular formula is C55H104O6. The molecule has 0 aliphatic rings. The Bertz CT molecular complexity index is 947. The highest BCUT2D eigenvalue weighted by molar-refractivity contribution is 5.71. The molecule has 6 nitrogen and oxygen atoms in total. The summed E-state index contributed by atoms with van der Waals surface area (Å²) in [4.78, 5) is 38.0. The Labute approximate surface area is 380 Å². The molecule has 61 heavy (non-hydrogen) atoms.